The third kappa shape index (κ3) is 2.07. The van der Waals surface area contributed by atoms with Crippen molar-refractivity contribution < 1.29 is 0 Å². The first-order valence-corrected chi connectivity index (χ1v) is 5.40. The Bertz CT molecular complexity index is 237. The number of halogens is 2. The fourth-order valence-corrected chi connectivity index (χ4v) is 2.17. The molecular weight excluding hydrogens is 319 g/mol. The molecule has 0 bridgehead atoms. The van der Waals surface area contributed by atoms with Gasteiger partial charge >= 0.3 is 0 Å². The lowest BCUT2D eigenvalue weighted by Gasteiger charge is -1.99. The van der Waals surface area contributed by atoms with E-state index in [1.807, 2.05) is 0 Å². The number of benzene rings is 1. The predicted octanol–water partition coefficient (Wildman–Crippen LogP) is 2.72. The zero-order valence-electron chi connectivity index (χ0n) is 5.20. The standard InChI is InChI=1S/C7H5BrISi/c8-7-2-1-6(9)3-5(7)4-10/h1-3H,4H2. The van der Waals surface area contributed by atoms with Crippen molar-refractivity contribution in [2.45, 2.75) is 6.04 Å². The fourth-order valence-electron chi connectivity index (χ4n) is 0.679. The summed E-state index contributed by atoms with van der Waals surface area (Å²) in [4.78, 5) is 0. The molecule has 51 valence electrons. The summed E-state index contributed by atoms with van der Waals surface area (Å²) in [5, 5.41) is 0. The van der Waals surface area contributed by atoms with Gasteiger partial charge in [-0.2, -0.15) is 0 Å². The first kappa shape index (κ1) is 8.74. The lowest BCUT2D eigenvalue weighted by atomic mass is 10.2. The average molecular weight is 324 g/mol. The summed E-state index contributed by atoms with van der Waals surface area (Å²) in [6.07, 6.45) is 0. The minimum absolute atomic E-state index is 0.900. The number of rotatable bonds is 1. The molecule has 0 amide bonds. The van der Waals surface area contributed by atoms with E-state index in [0.717, 1.165) is 6.04 Å². The topological polar surface area (TPSA) is 0 Å². The highest BCUT2D eigenvalue weighted by atomic mass is 127. The van der Waals surface area contributed by atoms with Crippen molar-refractivity contribution in [2.75, 3.05) is 0 Å². The maximum atomic E-state index is 3.46. The minimum atomic E-state index is 0.900. The van der Waals surface area contributed by atoms with Crippen molar-refractivity contribution in [2.24, 2.45) is 0 Å². The van der Waals surface area contributed by atoms with E-state index in [2.05, 4.69) is 67.0 Å². The van der Waals surface area contributed by atoms with Crippen molar-refractivity contribution in [3.05, 3.63) is 31.8 Å². The van der Waals surface area contributed by atoms with Crippen LogP contribution in [0.25, 0.3) is 0 Å². The zero-order chi connectivity index (χ0) is 7.56. The summed E-state index contributed by atoms with van der Waals surface area (Å²) in [6, 6.07) is 7.20. The zero-order valence-corrected chi connectivity index (χ0v) is 9.94. The SMILES string of the molecule is [Si]Cc1cc(I)ccc1Br. The van der Waals surface area contributed by atoms with Crippen molar-refractivity contribution in [1.82, 2.24) is 0 Å². The molecule has 0 nitrogen and oxygen atoms in total. The van der Waals surface area contributed by atoms with Gasteiger partial charge in [-0.3, -0.25) is 0 Å². The van der Waals surface area contributed by atoms with Gasteiger partial charge in [-0.25, -0.2) is 0 Å². The summed E-state index contributed by atoms with van der Waals surface area (Å²) in [5.41, 5.74) is 1.29. The Morgan fingerprint density at radius 2 is 2.20 bits per heavy atom. The van der Waals surface area contributed by atoms with Gasteiger partial charge in [0.1, 0.15) is 0 Å². The Morgan fingerprint density at radius 1 is 1.50 bits per heavy atom. The molecule has 0 aliphatic carbocycles. The van der Waals surface area contributed by atoms with Crippen LogP contribution >= 0.6 is 38.5 Å². The van der Waals surface area contributed by atoms with Gasteiger partial charge in [0.2, 0.25) is 0 Å². The third-order valence-electron chi connectivity index (χ3n) is 1.20. The molecule has 1 aromatic rings. The van der Waals surface area contributed by atoms with Crippen molar-refractivity contribution in [1.29, 1.82) is 0 Å². The monoisotopic (exact) mass is 323 g/mol. The second-order valence-electron chi connectivity index (χ2n) is 1.91. The van der Waals surface area contributed by atoms with Gasteiger partial charge in [0.25, 0.3) is 0 Å². The third-order valence-corrected chi connectivity index (χ3v) is 3.02. The molecule has 0 atom stereocenters. The highest BCUT2D eigenvalue weighted by Crippen LogP contribution is 2.18. The van der Waals surface area contributed by atoms with E-state index in [9.17, 15) is 0 Å². The molecule has 0 aliphatic rings. The van der Waals surface area contributed by atoms with Crippen molar-refractivity contribution in [3.63, 3.8) is 0 Å². The average Bonchev–Trinajstić information content (AvgIpc) is 1.94. The maximum Gasteiger partial charge on any atom is 0.0284 e. The van der Waals surface area contributed by atoms with Gasteiger partial charge in [0, 0.05) is 18.3 Å². The second-order valence-corrected chi connectivity index (χ2v) is 4.37. The molecule has 0 spiro atoms. The molecule has 3 radical (unpaired) electrons. The molecule has 0 heterocycles. The Labute approximate surface area is 86.1 Å². The molecule has 10 heavy (non-hydrogen) atoms. The number of hydrogen-bond acceptors (Lipinski definition) is 0. The van der Waals surface area contributed by atoms with E-state index in [-0.39, 0.29) is 0 Å². The minimum Gasteiger partial charge on any atom is -0.0505 e. The van der Waals surface area contributed by atoms with Crippen LogP contribution in [-0.2, 0) is 6.04 Å². The highest BCUT2D eigenvalue weighted by Gasteiger charge is 1.96. The van der Waals surface area contributed by atoms with E-state index < -0.39 is 0 Å². The van der Waals surface area contributed by atoms with Gasteiger partial charge in [-0.15, -0.1) is 0 Å². The molecule has 0 aromatic heterocycles. The van der Waals surface area contributed by atoms with Gasteiger partial charge in [-0.1, -0.05) is 15.9 Å². The molecule has 0 aliphatic heterocycles. The predicted molar refractivity (Wildman–Crippen MR) is 56.3 cm³/mol. The molecule has 0 unspecified atom stereocenters. The summed E-state index contributed by atoms with van der Waals surface area (Å²) in [6.45, 7) is 0. The lowest BCUT2D eigenvalue weighted by molar-refractivity contribution is 1.35. The molecule has 1 aromatic carbocycles. The van der Waals surface area contributed by atoms with Gasteiger partial charge in [-0.05, 0) is 52.4 Å². The summed E-state index contributed by atoms with van der Waals surface area (Å²) < 4.78 is 2.44. The Balaban J connectivity index is 3.09. The Hall–Kier alpha value is 0.647. The first-order chi connectivity index (χ1) is 4.74. The Kier molecular flexibility index (Phi) is 3.39. The van der Waals surface area contributed by atoms with Gasteiger partial charge in [0.05, 0.1) is 0 Å². The quantitative estimate of drug-likeness (QED) is 0.550. The molecule has 0 saturated heterocycles. The number of hydrogen-bond donors (Lipinski definition) is 0. The van der Waals surface area contributed by atoms with Crippen LogP contribution < -0.4 is 0 Å². The van der Waals surface area contributed by atoms with Crippen LogP contribution in [0.1, 0.15) is 5.56 Å². The van der Waals surface area contributed by atoms with Crippen LogP contribution in [0.15, 0.2) is 22.7 Å². The van der Waals surface area contributed by atoms with Crippen molar-refractivity contribution >= 4 is 48.8 Å². The van der Waals surface area contributed by atoms with Gasteiger partial charge < -0.3 is 0 Å². The normalized spacial score (nSPS) is 9.90. The van der Waals surface area contributed by atoms with Crippen LogP contribution in [0.5, 0.6) is 0 Å². The Morgan fingerprint density at radius 3 is 2.70 bits per heavy atom. The van der Waals surface area contributed by atoms with Crippen LogP contribution in [-0.4, -0.2) is 10.2 Å². The first-order valence-electron chi connectivity index (χ1n) is 2.82. The summed E-state index contributed by atoms with van der Waals surface area (Å²) >= 11 is 5.76. The maximum absolute atomic E-state index is 3.46. The molecule has 0 fully saturated rings. The molecule has 3 heteroatoms. The van der Waals surface area contributed by atoms with E-state index in [4.69, 9.17) is 0 Å². The van der Waals surface area contributed by atoms with Crippen LogP contribution in [0.4, 0.5) is 0 Å². The molecule has 0 saturated carbocycles. The van der Waals surface area contributed by atoms with Crippen molar-refractivity contribution in [3.8, 4) is 0 Å². The summed E-state index contributed by atoms with van der Waals surface area (Å²) in [5.74, 6) is 0. The van der Waals surface area contributed by atoms with Gasteiger partial charge in [0.15, 0.2) is 0 Å². The van der Waals surface area contributed by atoms with E-state index >= 15 is 0 Å². The molecular formula is C7H5BrISi. The largest absolute Gasteiger partial charge is 0.0505 e. The van der Waals surface area contributed by atoms with Crippen LogP contribution in [0.2, 0.25) is 0 Å². The van der Waals surface area contributed by atoms with E-state index in [1.54, 1.807) is 0 Å². The lowest BCUT2D eigenvalue weighted by Crippen LogP contribution is -1.85. The second kappa shape index (κ2) is 3.87. The molecule has 0 N–H and O–H groups in total. The van der Waals surface area contributed by atoms with E-state index in [0.29, 0.717) is 0 Å². The summed E-state index contributed by atoms with van der Waals surface area (Å²) in [7, 11) is 3.46. The highest BCUT2D eigenvalue weighted by molar-refractivity contribution is 14.1. The smallest absolute Gasteiger partial charge is 0.0284 e. The van der Waals surface area contributed by atoms with Crippen LogP contribution in [0.3, 0.4) is 0 Å². The van der Waals surface area contributed by atoms with E-state index in [1.165, 1.54) is 13.6 Å². The van der Waals surface area contributed by atoms with Crippen LogP contribution in [0, 0.1) is 3.57 Å². The molecule has 1 rings (SSSR count). The fraction of sp³-hybridized carbons (Fsp3) is 0.143.